The monoisotopic (exact) mass is 289 g/mol. The van der Waals surface area contributed by atoms with Crippen molar-refractivity contribution in [1.29, 1.82) is 0 Å². The van der Waals surface area contributed by atoms with Gasteiger partial charge in [0, 0.05) is 0 Å². The number of hydrogen-bond donors (Lipinski definition) is 2. The van der Waals surface area contributed by atoms with Crippen LogP contribution < -0.4 is 5.32 Å². The van der Waals surface area contributed by atoms with Crippen LogP contribution >= 0.6 is 11.6 Å². The second-order valence-electron chi connectivity index (χ2n) is 4.79. The molecular formula is C16H16ClNO2. The van der Waals surface area contributed by atoms with Crippen LogP contribution in [0.1, 0.15) is 22.8 Å². The predicted molar refractivity (Wildman–Crippen MR) is 79.8 cm³/mol. The lowest BCUT2D eigenvalue weighted by Gasteiger charge is -2.29. The summed E-state index contributed by atoms with van der Waals surface area (Å²) in [4.78, 5) is 12.3. The predicted octanol–water partition coefficient (Wildman–Crippen LogP) is 2.98. The van der Waals surface area contributed by atoms with Gasteiger partial charge in [0.15, 0.2) is 0 Å². The van der Waals surface area contributed by atoms with E-state index in [4.69, 9.17) is 11.6 Å². The third-order valence-electron chi connectivity index (χ3n) is 3.24. The summed E-state index contributed by atoms with van der Waals surface area (Å²) in [6.45, 7) is 1.57. The molecule has 4 heteroatoms. The molecule has 1 amide bonds. The molecule has 0 aliphatic carbocycles. The van der Waals surface area contributed by atoms with E-state index < -0.39 is 5.54 Å². The third kappa shape index (κ3) is 3.00. The number of amides is 1. The van der Waals surface area contributed by atoms with Gasteiger partial charge in [-0.2, -0.15) is 0 Å². The number of halogens is 1. The Labute approximate surface area is 123 Å². The summed E-state index contributed by atoms with van der Waals surface area (Å²) < 4.78 is 0. The lowest BCUT2D eigenvalue weighted by Crippen LogP contribution is -2.46. The average Bonchev–Trinajstić information content (AvgIpc) is 2.48. The zero-order valence-electron chi connectivity index (χ0n) is 11.1. The molecule has 0 aromatic heterocycles. The van der Waals surface area contributed by atoms with Crippen LogP contribution in [0.2, 0.25) is 5.02 Å². The van der Waals surface area contributed by atoms with Gasteiger partial charge in [0.05, 0.1) is 22.7 Å². The number of benzene rings is 2. The van der Waals surface area contributed by atoms with Crippen LogP contribution in [0.4, 0.5) is 0 Å². The largest absolute Gasteiger partial charge is 0.394 e. The van der Waals surface area contributed by atoms with Gasteiger partial charge in [-0.15, -0.1) is 0 Å². The molecular weight excluding hydrogens is 274 g/mol. The molecule has 104 valence electrons. The van der Waals surface area contributed by atoms with Crippen molar-refractivity contribution in [3.63, 3.8) is 0 Å². The van der Waals surface area contributed by atoms with Crippen molar-refractivity contribution < 1.29 is 9.90 Å². The normalized spacial score (nSPS) is 13.6. The fraction of sp³-hybridized carbons (Fsp3) is 0.188. The van der Waals surface area contributed by atoms with Gasteiger partial charge in [-0.05, 0) is 24.6 Å². The molecule has 2 aromatic rings. The first kappa shape index (κ1) is 14.6. The van der Waals surface area contributed by atoms with Crippen LogP contribution in [0.5, 0.6) is 0 Å². The van der Waals surface area contributed by atoms with Crippen molar-refractivity contribution in [3.8, 4) is 0 Å². The number of hydrogen-bond acceptors (Lipinski definition) is 2. The molecule has 0 heterocycles. The molecule has 0 radical (unpaired) electrons. The van der Waals surface area contributed by atoms with Crippen LogP contribution in [0, 0.1) is 0 Å². The van der Waals surface area contributed by atoms with Crippen molar-refractivity contribution in [1.82, 2.24) is 5.32 Å². The minimum atomic E-state index is -0.850. The Balaban J connectivity index is 2.27. The van der Waals surface area contributed by atoms with Gasteiger partial charge in [-0.3, -0.25) is 4.79 Å². The zero-order chi connectivity index (χ0) is 14.6. The highest BCUT2D eigenvalue weighted by molar-refractivity contribution is 6.33. The molecule has 1 atom stereocenters. The fourth-order valence-electron chi connectivity index (χ4n) is 1.97. The smallest absolute Gasteiger partial charge is 0.253 e. The molecule has 1 unspecified atom stereocenters. The maximum absolute atomic E-state index is 12.3. The van der Waals surface area contributed by atoms with Crippen LogP contribution in [-0.4, -0.2) is 17.6 Å². The summed E-state index contributed by atoms with van der Waals surface area (Å²) in [6, 6.07) is 16.2. The van der Waals surface area contributed by atoms with Crippen molar-refractivity contribution in [2.75, 3.05) is 6.61 Å². The Morgan fingerprint density at radius 2 is 1.75 bits per heavy atom. The van der Waals surface area contributed by atoms with E-state index >= 15 is 0 Å². The number of aliphatic hydroxyl groups is 1. The quantitative estimate of drug-likeness (QED) is 0.909. The zero-order valence-corrected chi connectivity index (χ0v) is 11.9. The van der Waals surface area contributed by atoms with Crippen molar-refractivity contribution in [2.45, 2.75) is 12.5 Å². The van der Waals surface area contributed by atoms with Gasteiger partial charge in [0.1, 0.15) is 0 Å². The molecule has 2 aromatic carbocycles. The van der Waals surface area contributed by atoms with Gasteiger partial charge in [0.2, 0.25) is 0 Å². The van der Waals surface area contributed by atoms with Crippen molar-refractivity contribution >= 4 is 17.5 Å². The Bertz CT molecular complexity index is 600. The molecule has 0 fully saturated rings. The van der Waals surface area contributed by atoms with Crippen LogP contribution in [0.25, 0.3) is 0 Å². The lowest BCUT2D eigenvalue weighted by molar-refractivity contribution is 0.0850. The molecule has 20 heavy (non-hydrogen) atoms. The average molecular weight is 290 g/mol. The topological polar surface area (TPSA) is 49.3 Å². The number of rotatable bonds is 4. The standard InChI is InChI=1S/C16H16ClNO2/c1-16(11-19,12-7-3-2-4-8-12)18-15(20)13-9-5-6-10-14(13)17/h2-10,19H,11H2,1H3,(H,18,20). The minimum absolute atomic E-state index is 0.201. The molecule has 0 saturated carbocycles. The highest BCUT2D eigenvalue weighted by atomic mass is 35.5. The highest BCUT2D eigenvalue weighted by Gasteiger charge is 2.28. The Morgan fingerprint density at radius 1 is 1.15 bits per heavy atom. The van der Waals surface area contributed by atoms with E-state index in [1.165, 1.54) is 0 Å². The summed E-state index contributed by atoms with van der Waals surface area (Å²) in [5.41, 5.74) is 0.380. The van der Waals surface area contributed by atoms with Crippen LogP contribution in [0.15, 0.2) is 54.6 Å². The summed E-state index contributed by atoms with van der Waals surface area (Å²) in [6.07, 6.45) is 0. The summed E-state index contributed by atoms with van der Waals surface area (Å²) in [5.74, 6) is -0.309. The van der Waals surface area contributed by atoms with E-state index in [9.17, 15) is 9.90 Å². The Kier molecular flexibility index (Phi) is 4.42. The SMILES string of the molecule is CC(CO)(NC(=O)c1ccccc1Cl)c1ccccc1. The number of carbonyl (C=O) groups is 1. The number of nitrogens with one attached hydrogen (secondary N) is 1. The second kappa shape index (κ2) is 6.07. The number of carbonyl (C=O) groups excluding carboxylic acids is 1. The minimum Gasteiger partial charge on any atom is -0.394 e. The summed E-state index contributed by atoms with van der Waals surface area (Å²) in [7, 11) is 0. The van der Waals surface area contributed by atoms with E-state index in [0.717, 1.165) is 5.56 Å². The van der Waals surface area contributed by atoms with Gasteiger partial charge in [0.25, 0.3) is 5.91 Å². The van der Waals surface area contributed by atoms with E-state index in [0.29, 0.717) is 10.6 Å². The first-order valence-electron chi connectivity index (χ1n) is 6.30. The van der Waals surface area contributed by atoms with Gasteiger partial charge >= 0.3 is 0 Å². The summed E-state index contributed by atoms with van der Waals surface area (Å²) >= 11 is 6.01. The molecule has 0 aliphatic heterocycles. The van der Waals surface area contributed by atoms with Crippen molar-refractivity contribution in [2.24, 2.45) is 0 Å². The van der Waals surface area contributed by atoms with E-state index in [1.54, 1.807) is 31.2 Å². The second-order valence-corrected chi connectivity index (χ2v) is 5.20. The van der Waals surface area contributed by atoms with Gasteiger partial charge < -0.3 is 10.4 Å². The first-order chi connectivity index (χ1) is 9.57. The molecule has 2 rings (SSSR count). The molecule has 0 spiro atoms. The maximum atomic E-state index is 12.3. The van der Waals surface area contributed by atoms with Crippen molar-refractivity contribution in [3.05, 3.63) is 70.7 Å². The molecule has 2 N–H and O–H groups in total. The Hall–Kier alpha value is -1.84. The molecule has 0 saturated heterocycles. The van der Waals surface area contributed by atoms with E-state index in [2.05, 4.69) is 5.32 Å². The third-order valence-corrected chi connectivity index (χ3v) is 3.56. The lowest BCUT2D eigenvalue weighted by atomic mass is 9.92. The van der Waals surface area contributed by atoms with E-state index in [-0.39, 0.29) is 12.5 Å². The molecule has 0 aliphatic rings. The van der Waals surface area contributed by atoms with Crippen LogP contribution in [-0.2, 0) is 5.54 Å². The summed E-state index contributed by atoms with van der Waals surface area (Å²) in [5, 5.41) is 12.9. The highest BCUT2D eigenvalue weighted by Crippen LogP contribution is 2.22. The fourth-order valence-corrected chi connectivity index (χ4v) is 2.19. The number of aliphatic hydroxyl groups excluding tert-OH is 1. The first-order valence-corrected chi connectivity index (χ1v) is 6.68. The maximum Gasteiger partial charge on any atom is 0.253 e. The Morgan fingerprint density at radius 3 is 2.35 bits per heavy atom. The van der Waals surface area contributed by atoms with Gasteiger partial charge in [-0.1, -0.05) is 54.1 Å². The molecule has 0 bridgehead atoms. The van der Waals surface area contributed by atoms with Gasteiger partial charge in [-0.25, -0.2) is 0 Å². The molecule has 3 nitrogen and oxygen atoms in total. The van der Waals surface area contributed by atoms with E-state index in [1.807, 2.05) is 30.3 Å². The van der Waals surface area contributed by atoms with Crippen LogP contribution in [0.3, 0.4) is 0 Å².